The van der Waals surface area contributed by atoms with Crippen LogP contribution < -0.4 is 4.74 Å². The number of unbranched alkanes of at least 4 members (excludes halogenated alkanes) is 1. The lowest BCUT2D eigenvalue weighted by atomic mass is 10.1. The van der Waals surface area contributed by atoms with Gasteiger partial charge in [-0.3, -0.25) is 4.90 Å². The Morgan fingerprint density at radius 1 is 0.732 bits per heavy atom. The van der Waals surface area contributed by atoms with Gasteiger partial charge in [0, 0.05) is 37.3 Å². The Balaban J connectivity index is 1.61. The van der Waals surface area contributed by atoms with Gasteiger partial charge >= 0.3 is 0 Å². The smallest absolute Gasteiger partial charge is 0.156 e. The van der Waals surface area contributed by atoms with Gasteiger partial charge in [-0.25, -0.2) is 4.98 Å². The third kappa shape index (κ3) is 7.02. The van der Waals surface area contributed by atoms with E-state index in [9.17, 15) is 0 Å². The lowest BCUT2D eigenvalue weighted by molar-refractivity contribution is 0.241. The molecule has 0 fully saturated rings. The second kappa shape index (κ2) is 13.9. The number of ether oxygens (including phenoxy) is 1. The standard InChI is InChI=1S/C35H35Cl2N3O/c1-3-4-20-40-32(33(28-16-10-6-11-17-28)38-35(40)29-18-12-7-13-19-29)25-39(23-26-14-8-5-9-15-26)24-27-21-30(36)34(41-2)31(37)22-27/h5-19,21-22H,3-4,20,23-25H2,1-2H3. The van der Waals surface area contributed by atoms with E-state index in [0.29, 0.717) is 28.9 Å². The molecule has 0 aliphatic heterocycles. The topological polar surface area (TPSA) is 30.3 Å². The van der Waals surface area contributed by atoms with Gasteiger partial charge in [-0.05, 0) is 29.7 Å². The number of methoxy groups -OCH3 is 1. The van der Waals surface area contributed by atoms with E-state index in [1.54, 1.807) is 7.11 Å². The van der Waals surface area contributed by atoms with Gasteiger partial charge in [0.25, 0.3) is 0 Å². The fourth-order valence-electron chi connectivity index (χ4n) is 5.22. The Labute approximate surface area is 253 Å². The van der Waals surface area contributed by atoms with Gasteiger partial charge in [0.05, 0.1) is 28.5 Å². The van der Waals surface area contributed by atoms with Crippen molar-refractivity contribution in [1.29, 1.82) is 0 Å². The molecule has 4 nitrogen and oxygen atoms in total. The van der Waals surface area contributed by atoms with Crippen LogP contribution in [-0.2, 0) is 26.2 Å². The molecule has 1 heterocycles. The van der Waals surface area contributed by atoms with Crippen LogP contribution in [0.15, 0.2) is 103 Å². The van der Waals surface area contributed by atoms with Crippen LogP contribution in [0.2, 0.25) is 10.0 Å². The molecule has 0 unspecified atom stereocenters. The molecule has 0 radical (unpaired) electrons. The molecule has 6 heteroatoms. The highest BCUT2D eigenvalue weighted by Crippen LogP contribution is 2.35. The summed E-state index contributed by atoms with van der Waals surface area (Å²) in [5, 5.41) is 1.03. The molecule has 0 atom stereocenters. The molecule has 0 aliphatic carbocycles. The maximum Gasteiger partial charge on any atom is 0.156 e. The van der Waals surface area contributed by atoms with Gasteiger partial charge in [0.15, 0.2) is 5.75 Å². The molecule has 0 amide bonds. The largest absolute Gasteiger partial charge is 0.494 e. The van der Waals surface area contributed by atoms with E-state index in [0.717, 1.165) is 54.1 Å². The molecule has 0 bridgehead atoms. The van der Waals surface area contributed by atoms with E-state index in [2.05, 4.69) is 101 Å². The van der Waals surface area contributed by atoms with Crippen molar-refractivity contribution >= 4 is 23.2 Å². The third-order valence-corrected chi connectivity index (χ3v) is 7.74. The normalized spacial score (nSPS) is 11.2. The molecule has 5 aromatic rings. The van der Waals surface area contributed by atoms with Crippen LogP contribution in [-0.4, -0.2) is 21.6 Å². The summed E-state index contributed by atoms with van der Waals surface area (Å²) in [4.78, 5) is 7.73. The van der Waals surface area contributed by atoms with E-state index < -0.39 is 0 Å². The monoisotopic (exact) mass is 583 g/mol. The van der Waals surface area contributed by atoms with E-state index in [-0.39, 0.29) is 0 Å². The second-order valence-corrected chi connectivity index (χ2v) is 11.0. The average Bonchev–Trinajstić information content (AvgIpc) is 3.35. The number of nitrogens with zero attached hydrogens (tertiary/aromatic N) is 3. The summed E-state index contributed by atoms with van der Waals surface area (Å²) >= 11 is 13.1. The van der Waals surface area contributed by atoms with Gasteiger partial charge in [-0.1, -0.05) is 128 Å². The fourth-order valence-corrected chi connectivity index (χ4v) is 5.90. The average molecular weight is 585 g/mol. The first kappa shape index (κ1) is 28.9. The first-order chi connectivity index (χ1) is 20.1. The van der Waals surface area contributed by atoms with Crippen LogP contribution in [0.25, 0.3) is 22.6 Å². The Morgan fingerprint density at radius 2 is 1.29 bits per heavy atom. The molecule has 41 heavy (non-hydrogen) atoms. The van der Waals surface area contributed by atoms with Crippen LogP contribution in [0.4, 0.5) is 0 Å². The molecule has 1 aromatic heterocycles. The van der Waals surface area contributed by atoms with Gasteiger partial charge in [-0.15, -0.1) is 0 Å². The summed E-state index contributed by atoms with van der Waals surface area (Å²) in [6, 6.07) is 35.5. The van der Waals surface area contributed by atoms with Crippen molar-refractivity contribution in [3.8, 4) is 28.4 Å². The molecule has 0 saturated heterocycles. The SMILES string of the molecule is CCCCn1c(-c2ccccc2)nc(-c2ccccc2)c1CN(Cc1ccccc1)Cc1cc(Cl)c(OC)c(Cl)c1. The zero-order valence-electron chi connectivity index (χ0n) is 23.6. The van der Waals surface area contributed by atoms with E-state index in [1.807, 2.05) is 18.2 Å². The minimum absolute atomic E-state index is 0.503. The zero-order chi connectivity index (χ0) is 28.6. The van der Waals surface area contributed by atoms with Gasteiger partial charge in [-0.2, -0.15) is 0 Å². The van der Waals surface area contributed by atoms with Gasteiger partial charge in [0.2, 0.25) is 0 Å². The Bertz CT molecular complexity index is 1530. The van der Waals surface area contributed by atoms with Crippen molar-refractivity contribution in [2.75, 3.05) is 7.11 Å². The molecule has 210 valence electrons. The predicted molar refractivity (Wildman–Crippen MR) is 170 cm³/mol. The van der Waals surface area contributed by atoms with Crippen LogP contribution in [0, 0.1) is 0 Å². The summed E-state index contributed by atoms with van der Waals surface area (Å²) in [6.45, 7) is 5.25. The molecule has 0 spiro atoms. The fraction of sp³-hybridized carbons (Fsp3) is 0.229. The van der Waals surface area contributed by atoms with Crippen molar-refractivity contribution in [3.05, 3.63) is 130 Å². The number of rotatable bonds is 12. The zero-order valence-corrected chi connectivity index (χ0v) is 25.1. The maximum atomic E-state index is 6.56. The van der Waals surface area contributed by atoms with E-state index in [4.69, 9.17) is 32.9 Å². The van der Waals surface area contributed by atoms with Crippen molar-refractivity contribution in [2.45, 2.75) is 45.9 Å². The summed E-state index contributed by atoms with van der Waals surface area (Å²) in [6.07, 6.45) is 2.17. The van der Waals surface area contributed by atoms with Gasteiger partial charge < -0.3 is 9.30 Å². The molecular weight excluding hydrogens is 549 g/mol. The maximum absolute atomic E-state index is 6.56. The molecule has 5 rings (SSSR count). The summed E-state index contributed by atoms with van der Waals surface area (Å²) in [5.41, 5.74) is 6.72. The number of hydrogen-bond donors (Lipinski definition) is 0. The first-order valence-electron chi connectivity index (χ1n) is 14.1. The highest BCUT2D eigenvalue weighted by atomic mass is 35.5. The van der Waals surface area contributed by atoms with Crippen LogP contribution in [0.3, 0.4) is 0 Å². The quantitative estimate of drug-likeness (QED) is 0.146. The summed E-state index contributed by atoms with van der Waals surface area (Å²) in [7, 11) is 1.58. The Kier molecular flexibility index (Phi) is 9.79. The van der Waals surface area contributed by atoms with E-state index >= 15 is 0 Å². The molecular formula is C35H35Cl2N3O. The van der Waals surface area contributed by atoms with Crippen molar-refractivity contribution in [2.24, 2.45) is 0 Å². The number of aromatic nitrogens is 2. The summed E-state index contributed by atoms with van der Waals surface area (Å²) in [5.74, 6) is 1.51. The molecule has 0 saturated carbocycles. The second-order valence-electron chi connectivity index (χ2n) is 10.2. The third-order valence-electron chi connectivity index (χ3n) is 7.18. The van der Waals surface area contributed by atoms with Crippen LogP contribution >= 0.6 is 23.2 Å². The predicted octanol–water partition coefficient (Wildman–Crippen LogP) is 9.53. The Hall–Kier alpha value is -3.57. The number of imidazole rings is 1. The van der Waals surface area contributed by atoms with Crippen LogP contribution in [0.5, 0.6) is 5.75 Å². The lowest BCUT2D eigenvalue weighted by Crippen LogP contribution is -2.24. The molecule has 0 N–H and O–H groups in total. The molecule has 4 aromatic carbocycles. The number of hydrogen-bond acceptors (Lipinski definition) is 3. The Morgan fingerprint density at radius 3 is 1.88 bits per heavy atom. The van der Waals surface area contributed by atoms with Crippen molar-refractivity contribution < 1.29 is 4.74 Å². The minimum atomic E-state index is 0.503. The number of benzene rings is 4. The highest BCUT2D eigenvalue weighted by molar-refractivity contribution is 6.37. The van der Waals surface area contributed by atoms with Gasteiger partial charge in [0.1, 0.15) is 5.82 Å². The van der Waals surface area contributed by atoms with Crippen LogP contribution in [0.1, 0.15) is 36.6 Å². The minimum Gasteiger partial charge on any atom is -0.494 e. The van der Waals surface area contributed by atoms with Crippen molar-refractivity contribution in [1.82, 2.24) is 14.5 Å². The van der Waals surface area contributed by atoms with E-state index in [1.165, 1.54) is 11.3 Å². The first-order valence-corrected chi connectivity index (χ1v) is 14.8. The summed E-state index contributed by atoms with van der Waals surface area (Å²) < 4.78 is 7.82. The number of halogens is 2. The van der Waals surface area contributed by atoms with Crippen molar-refractivity contribution in [3.63, 3.8) is 0 Å². The highest BCUT2D eigenvalue weighted by Gasteiger charge is 2.22. The lowest BCUT2D eigenvalue weighted by Gasteiger charge is -2.25. The molecule has 0 aliphatic rings.